The third kappa shape index (κ3) is 3.79. The largest absolute Gasteiger partial charge is 0.384 e. The number of nitro groups is 1. The molecule has 1 heterocycles. The normalized spacial score (nSPS) is 23.1. The van der Waals surface area contributed by atoms with Gasteiger partial charge < -0.3 is 10.6 Å². The van der Waals surface area contributed by atoms with Crippen molar-refractivity contribution in [1.82, 2.24) is 5.32 Å². The highest BCUT2D eigenvalue weighted by Crippen LogP contribution is 2.28. The smallest absolute Gasteiger partial charge is 0.282 e. The molecule has 1 atom stereocenters. The predicted octanol–water partition coefficient (Wildman–Crippen LogP) is 3.00. The SMILES string of the molecule is CC1(CNc2ccc([N+](=O)[O-])c(I)c2)CCCNC1. The summed E-state index contributed by atoms with van der Waals surface area (Å²) in [5.41, 5.74) is 1.37. The summed E-state index contributed by atoms with van der Waals surface area (Å²) in [5.74, 6) is 0. The molecule has 1 saturated heterocycles. The van der Waals surface area contributed by atoms with Crippen molar-refractivity contribution < 1.29 is 4.92 Å². The lowest BCUT2D eigenvalue weighted by Gasteiger charge is -2.34. The van der Waals surface area contributed by atoms with Gasteiger partial charge in [0.1, 0.15) is 0 Å². The molecule has 19 heavy (non-hydrogen) atoms. The molecular weight excluding hydrogens is 357 g/mol. The summed E-state index contributed by atoms with van der Waals surface area (Å²) in [7, 11) is 0. The van der Waals surface area contributed by atoms with Crippen molar-refractivity contribution in [3.05, 3.63) is 31.9 Å². The van der Waals surface area contributed by atoms with Gasteiger partial charge in [-0.3, -0.25) is 10.1 Å². The molecule has 0 aromatic heterocycles. The highest BCUT2D eigenvalue weighted by atomic mass is 127. The quantitative estimate of drug-likeness (QED) is 0.482. The van der Waals surface area contributed by atoms with Crippen molar-refractivity contribution in [2.24, 2.45) is 5.41 Å². The first kappa shape index (κ1) is 14.5. The minimum absolute atomic E-state index is 0.164. The van der Waals surface area contributed by atoms with Crippen molar-refractivity contribution in [1.29, 1.82) is 0 Å². The van der Waals surface area contributed by atoms with E-state index >= 15 is 0 Å². The number of nitrogens with one attached hydrogen (secondary N) is 2. The number of nitrogens with zero attached hydrogens (tertiary/aromatic N) is 1. The van der Waals surface area contributed by atoms with Crippen LogP contribution in [0.2, 0.25) is 0 Å². The molecule has 0 amide bonds. The average molecular weight is 375 g/mol. The number of piperidine rings is 1. The maximum Gasteiger partial charge on any atom is 0.282 e. The van der Waals surface area contributed by atoms with Gasteiger partial charge in [-0.1, -0.05) is 6.92 Å². The Labute approximate surface area is 126 Å². The van der Waals surface area contributed by atoms with E-state index in [0.29, 0.717) is 3.57 Å². The van der Waals surface area contributed by atoms with Gasteiger partial charge in [-0.25, -0.2) is 0 Å². The predicted molar refractivity (Wildman–Crippen MR) is 84.5 cm³/mol. The van der Waals surface area contributed by atoms with Crippen LogP contribution < -0.4 is 10.6 Å². The van der Waals surface area contributed by atoms with Crippen LogP contribution in [0.25, 0.3) is 0 Å². The Kier molecular flexibility index (Phi) is 4.62. The fourth-order valence-corrected chi connectivity index (χ4v) is 3.06. The first-order valence-corrected chi connectivity index (χ1v) is 7.47. The zero-order valence-electron chi connectivity index (χ0n) is 10.9. The summed E-state index contributed by atoms with van der Waals surface area (Å²) >= 11 is 2.00. The summed E-state index contributed by atoms with van der Waals surface area (Å²) in [5, 5.41) is 17.6. The summed E-state index contributed by atoms with van der Waals surface area (Å²) in [4.78, 5) is 10.4. The number of hydrogen-bond acceptors (Lipinski definition) is 4. The van der Waals surface area contributed by atoms with E-state index in [-0.39, 0.29) is 16.0 Å². The molecule has 2 N–H and O–H groups in total. The van der Waals surface area contributed by atoms with Crippen LogP contribution in [0, 0.1) is 19.1 Å². The molecule has 5 nitrogen and oxygen atoms in total. The van der Waals surface area contributed by atoms with E-state index in [1.807, 2.05) is 28.7 Å². The van der Waals surface area contributed by atoms with Crippen LogP contribution in [-0.4, -0.2) is 24.6 Å². The molecule has 0 saturated carbocycles. The molecule has 1 aliphatic heterocycles. The molecule has 2 rings (SSSR count). The molecule has 0 aliphatic carbocycles. The fourth-order valence-electron chi connectivity index (χ4n) is 2.35. The van der Waals surface area contributed by atoms with Crippen molar-refractivity contribution in [2.45, 2.75) is 19.8 Å². The fraction of sp³-hybridized carbons (Fsp3) is 0.538. The van der Waals surface area contributed by atoms with Gasteiger partial charge in [0.2, 0.25) is 0 Å². The maximum atomic E-state index is 10.8. The van der Waals surface area contributed by atoms with E-state index < -0.39 is 0 Å². The first-order valence-electron chi connectivity index (χ1n) is 6.39. The lowest BCUT2D eigenvalue weighted by atomic mass is 9.83. The lowest BCUT2D eigenvalue weighted by Crippen LogP contribution is -2.42. The number of anilines is 1. The van der Waals surface area contributed by atoms with Gasteiger partial charge in [0, 0.05) is 24.8 Å². The minimum Gasteiger partial charge on any atom is -0.384 e. The number of hydrogen-bond donors (Lipinski definition) is 2. The Balaban J connectivity index is 2.00. The van der Waals surface area contributed by atoms with Gasteiger partial charge in [-0.05, 0) is 59.5 Å². The maximum absolute atomic E-state index is 10.8. The molecule has 0 radical (unpaired) electrons. The van der Waals surface area contributed by atoms with E-state index in [4.69, 9.17) is 0 Å². The van der Waals surface area contributed by atoms with Gasteiger partial charge in [0.25, 0.3) is 5.69 Å². The van der Waals surface area contributed by atoms with Crippen LogP contribution in [-0.2, 0) is 0 Å². The molecule has 1 fully saturated rings. The zero-order chi connectivity index (χ0) is 13.9. The lowest BCUT2D eigenvalue weighted by molar-refractivity contribution is -0.385. The van der Waals surface area contributed by atoms with Crippen molar-refractivity contribution in [2.75, 3.05) is 25.0 Å². The van der Waals surface area contributed by atoms with Crippen LogP contribution in [0.3, 0.4) is 0 Å². The molecule has 1 aliphatic rings. The van der Waals surface area contributed by atoms with Crippen molar-refractivity contribution in [3.8, 4) is 0 Å². The van der Waals surface area contributed by atoms with Gasteiger partial charge in [0.05, 0.1) is 8.49 Å². The van der Waals surface area contributed by atoms with E-state index in [1.165, 1.54) is 12.8 Å². The number of rotatable bonds is 4. The van der Waals surface area contributed by atoms with Crippen LogP contribution in [0.1, 0.15) is 19.8 Å². The van der Waals surface area contributed by atoms with E-state index in [1.54, 1.807) is 12.1 Å². The van der Waals surface area contributed by atoms with Gasteiger partial charge in [-0.2, -0.15) is 0 Å². The molecule has 1 aromatic rings. The minimum atomic E-state index is -0.349. The molecular formula is C13H18IN3O2. The second kappa shape index (κ2) is 6.04. The Morgan fingerprint density at radius 2 is 2.37 bits per heavy atom. The Morgan fingerprint density at radius 3 is 2.95 bits per heavy atom. The van der Waals surface area contributed by atoms with Gasteiger partial charge >= 0.3 is 0 Å². The summed E-state index contributed by atoms with van der Waals surface area (Å²) < 4.78 is 0.666. The van der Waals surface area contributed by atoms with Crippen LogP contribution in [0.4, 0.5) is 11.4 Å². The molecule has 1 aromatic carbocycles. The highest BCUT2D eigenvalue weighted by Gasteiger charge is 2.26. The van der Waals surface area contributed by atoms with Gasteiger partial charge in [0.15, 0.2) is 0 Å². The van der Waals surface area contributed by atoms with E-state index in [9.17, 15) is 10.1 Å². The Morgan fingerprint density at radius 1 is 1.58 bits per heavy atom. The molecule has 6 heteroatoms. The number of halogens is 1. The standard InChI is InChI=1S/C13H18IN3O2/c1-13(5-2-6-15-8-13)9-16-10-3-4-12(17(18)19)11(14)7-10/h3-4,7,15-16H,2,5-6,8-9H2,1H3. The molecule has 1 unspecified atom stereocenters. The Bertz CT molecular complexity index is 473. The summed E-state index contributed by atoms with van der Waals surface area (Å²) in [6, 6.07) is 5.17. The van der Waals surface area contributed by atoms with Gasteiger partial charge in [-0.15, -0.1) is 0 Å². The third-order valence-corrected chi connectivity index (χ3v) is 4.41. The van der Waals surface area contributed by atoms with Crippen LogP contribution >= 0.6 is 22.6 Å². The van der Waals surface area contributed by atoms with Crippen molar-refractivity contribution in [3.63, 3.8) is 0 Å². The Hall–Kier alpha value is -0.890. The number of nitro benzene ring substituents is 1. The first-order chi connectivity index (χ1) is 9.00. The van der Waals surface area contributed by atoms with E-state index in [0.717, 1.165) is 25.3 Å². The second-order valence-corrected chi connectivity index (χ2v) is 6.53. The highest BCUT2D eigenvalue weighted by molar-refractivity contribution is 14.1. The summed E-state index contributed by atoms with van der Waals surface area (Å²) in [6.45, 7) is 5.27. The third-order valence-electron chi connectivity index (χ3n) is 3.55. The summed E-state index contributed by atoms with van der Waals surface area (Å²) in [6.07, 6.45) is 2.41. The topological polar surface area (TPSA) is 67.2 Å². The zero-order valence-corrected chi connectivity index (χ0v) is 13.1. The van der Waals surface area contributed by atoms with E-state index in [2.05, 4.69) is 17.6 Å². The molecule has 104 valence electrons. The van der Waals surface area contributed by atoms with Crippen LogP contribution in [0.15, 0.2) is 18.2 Å². The molecule has 0 bridgehead atoms. The second-order valence-electron chi connectivity index (χ2n) is 5.37. The molecule has 0 spiro atoms. The van der Waals surface area contributed by atoms with Crippen LogP contribution in [0.5, 0.6) is 0 Å². The average Bonchev–Trinajstić information content (AvgIpc) is 2.37. The van der Waals surface area contributed by atoms with Crippen molar-refractivity contribution >= 4 is 34.0 Å². The number of benzene rings is 1. The monoisotopic (exact) mass is 375 g/mol.